The zero-order valence-corrected chi connectivity index (χ0v) is 16.4. The summed E-state index contributed by atoms with van der Waals surface area (Å²) in [5.41, 5.74) is 1.30. The summed E-state index contributed by atoms with van der Waals surface area (Å²) in [5, 5.41) is 6.67. The number of carbonyl (C=O) groups is 2. The van der Waals surface area contributed by atoms with Crippen LogP contribution in [-0.2, 0) is 9.59 Å². The Morgan fingerprint density at radius 3 is 2.33 bits per heavy atom. The lowest BCUT2D eigenvalue weighted by Gasteiger charge is -2.27. The van der Waals surface area contributed by atoms with Gasteiger partial charge in [-0.05, 0) is 43.7 Å². The van der Waals surface area contributed by atoms with Gasteiger partial charge in [0.05, 0.1) is 6.54 Å². The molecule has 1 atom stereocenters. The number of carbonyl (C=O) groups excluding carboxylic acids is 2. The van der Waals surface area contributed by atoms with Gasteiger partial charge in [0.1, 0.15) is 6.04 Å². The van der Waals surface area contributed by atoms with Crippen molar-refractivity contribution in [1.29, 1.82) is 0 Å². The Balaban J connectivity index is 1.78. The third kappa shape index (κ3) is 5.70. The van der Waals surface area contributed by atoms with Gasteiger partial charge in [-0.25, -0.2) is 0 Å². The van der Waals surface area contributed by atoms with E-state index in [0.717, 1.165) is 18.4 Å². The van der Waals surface area contributed by atoms with Gasteiger partial charge in [-0.15, -0.1) is 0 Å². The summed E-state index contributed by atoms with van der Waals surface area (Å²) in [6.45, 7) is 0.125. The van der Waals surface area contributed by atoms with Gasteiger partial charge in [-0.3, -0.25) is 14.5 Å². The molecule has 0 saturated heterocycles. The van der Waals surface area contributed by atoms with Gasteiger partial charge in [0.2, 0.25) is 11.8 Å². The second kappa shape index (κ2) is 8.74. The van der Waals surface area contributed by atoms with Crippen molar-refractivity contribution in [3.8, 4) is 0 Å². The van der Waals surface area contributed by atoms with Crippen molar-refractivity contribution in [2.75, 3.05) is 18.9 Å². The summed E-state index contributed by atoms with van der Waals surface area (Å²) in [7, 11) is 1.76. The Hall–Kier alpha value is -2.08. The van der Waals surface area contributed by atoms with E-state index >= 15 is 0 Å². The number of nitrogens with zero attached hydrogens (tertiary/aromatic N) is 1. The van der Waals surface area contributed by atoms with E-state index in [4.69, 9.17) is 23.2 Å². The van der Waals surface area contributed by atoms with Crippen molar-refractivity contribution >= 4 is 40.7 Å². The van der Waals surface area contributed by atoms with Crippen LogP contribution in [0.25, 0.3) is 0 Å². The van der Waals surface area contributed by atoms with Gasteiger partial charge in [-0.1, -0.05) is 53.5 Å². The summed E-state index contributed by atoms with van der Waals surface area (Å²) in [6.07, 6.45) is 2.04. The summed E-state index contributed by atoms with van der Waals surface area (Å²) in [5.74, 6) is -0.346. The highest BCUT2D eigenvalue weighted by atomic mass is 35.5. The van der Waals surface area contributed by atoms with Crippen molar-refractivity contribution in [3.05, 3.63) is 64.1 Å². The van der Waals surface area contributed by atoms with E-state index in [1.54, 1.807) is 30.1 Å². The average Bonchev–Trinajstić information content (AvgIpc) is 3.38. The molecule has 2 N–H and O–H groups in total. The van der Waals surface area contributed by atoms with Gasteiger partial charge >= 0.3 is 0 Å². The van der Waals surface area contributed by atoms with Crippen LogP contribution in [0.3, 0.4) is 0 Å². The first-order valence-electron chi connectivity index (χ1n) is 8.74. The molecule has 0 radical (unpaired) electrons. The van der Waals surface area contributed by atoms with E-state index in [1.807, 2.05) is 30.3 Å². The van der Waals surface area contributed by atoms with E-state index in [-0.39, 0.29) is 24.4 Å². The highest BCUT2D eigenvalue weighted by Crippen LogP contribution is 2.26. The monoisotopic (exact) mass is 405 g/mol. The summed E-state index contributed by atoms with van der Waals surface area (Å²) in [4.78, 5) is 26.9. The zero-order chi connectivity index (χ0) is 19.4. The molecule has 7 heteroatoms. The van der Waals surface area contributed by atoms with Crippen molar-refractivity contribution in [2.24, 2.45) is 0 Å². The maximum Gasteiger partial charge on any atom is 0.246 e. The fraction of sp³-hybridized carbons (Fsp3) is 0.300. The molecule has 2 amide bonds. The number of halogens is 2. The van der Waals surface area contributed by atoms with Crippen LogP contribution in [0.4, 0.5) is 5.69 Å². The van der Waals surface area contributed by atoms with Crippen molar-refractivity contribution in [3.63, 3.8) is 0 Å². The fourth-order valence-electron chi connectivity index (χ4n) is 2.90. The van der Waals surface area contributed by atoms with Gasteiger partial charge in [0.15, 0.2) is 0 Å². The van der Waals surface area contributed by atoms with Gasteiger partial charge in [-0.2, -0.15) is 0 Å². The van der Waals surface area contributed by atoms with Crippen LogP contribution in [-0.4, -0.2) is 36.3 Å². The molecule has 5 nitrogen and oxygen atoms in total. The Kier molecular flexibility index (Phi) is 6.37. The summed E-state index contributed by atoms with van der Waals surface area (Å²) >= 11 is 12.0. The smallest absolute Gasteiger partial charge is 0.246 e. The number of rotatable bonds is 7. The second-order valence-corrected chi connectivity index (χ2v) is 7.59. The number of anilines is 1. The summed E-state index contributed by atoms with van der Waals surface area (Å²) < 4.78 is 0. The zero-order valence-electron chi connectivity index (χ0n) is 14.9. The molecule has 0 bridgehead atoms. The van der Waals surface area contributed by atoms with Gasteiger partial charge < -0.3 is 10.6 Å². The predicted octanol–water partition coefficient (Wildman–Crippen LogP) is 3.88. The molecule has 1 aliphatic rings. The Labute approximate surface area is 168 Å². The molecule has 2 aromatic rings. The predicted molar refractivity (Wildman–Crippen MR) is 108 cm³/mol. The lowest BCUT2D eigenvalue weighted by molar-refractivity contribution is -0.125. The average molecular weight is 406 g/mol. The number of hydrogen-bond donors (Lipinski definition) is 2. The third-order valence-electron chi connectivity index (χ3n) is 4.27. The fourth-order valence-corrected chi connectivity index (χ4v) is 3.42. The molecule has 3 rings (SSSR count). The molecule has 0 spiro atoms. The maximum absolute atomic E-state index is 13.0. The number of hydrogen-bond acceptors (Lipinski definition) is 3. The minimum Gasteiger partial charge on any atom is -0.352 e. The normalized spacial score (nSPS) is 14.7. The SMILES string of the molecule is CN(CC(=O)NC1CC1)[C@H](C(=O)Nc1cc(Cl)cc(Cl)c1)c1ccccc1. The van der Waals surface area contributed by atoms with Crippen LogP contribution in [0.1, 0.15) is 24.4 Å². The molecular formula is C20H21Cl2N3O2. The van der Waals surface area contributed by atoms with Crippen LogP contribution in [0.2, 0.25) is 10.0 Å². The van der Waals surface area contributed by atoms with Crippen LogP contribution < -0.4 is 10.6 Å². The molecule has 142 valence electrons. The number of likely N-dealkylation sites (N-methyl/N-ethyl adjacent to an activating group) is 1. The van der Waals surface area contributed by atoms with E-state index in [0.29, 0.717) is 15.7 Å². The molecule has 27 heavy (non-hydrogen) atoms. The molecule has 1 aliphatic carbocycles. The number of benzene rings is 2. The minimum atomic E-state index is -0.631. The Morgan fingerprint density at radius 1 is 1.11 bits per heavy atom. The highest BCUT2D eigenvalue weighted by molar-refractivity contribution is 6.35. The largest absolute Gasteiger partial charge is 0.352 e. The second-order valence-electron chi connectivity index (χ2n) is 6.72. The lowest BCUT2D eigenvalue weighted by atomic mass is 10.0. The van der Waals surface area contributed by atoms with Crippen LogP contribution in [0.15, 0.2) is 48.5 Å². The molecule has 0 aliphatic heterocycles. The first-order chi connectivity index (χ1) is 12.9. The quantitative estimate of drug-likeness (QED) is 0.734. The molecule has 0 unspecified atom stereocenters. The Morgan fingerprint density at radius 2 is 1.74 bits per heavy atom. The number of amides is 2. The van der Waals surface area contributed by atoms with E-state index in [9.17, 15) is 9.59 Å². The topological polar surface area (TPSA) is 61.4 Å². The molecule has 1 saturated carbocycles. The third-order valence-corrected chi connectivity index (χ3v) is 4.71. The molecule has 2 aromatic carbocycles. The molecule has 1 fully saturated rings. The van der Waals surface area contributed by atoms with Gasteiger partial charge in [0, 0.05) is 21.8 Å². The van der Waals surface area contributed by atoms with Crippen molar-refractivity contribution in [2.45, 2.75) is 24.9 Å². The maximum atomic E-state index is 13.0. The molecule has 0 aromatic heterocycles. The Bertz CT molecular complexity index is 805. The first kappa shape index (κ1) is 19.7. The van der Waals surface area contributed by atoms with Crippen molar-refractivity contribution in [1.82, 2.24) is 10.2 Å². The molecular weight excluding hydrogens is 385 g/mol. The standard InChI is InChI=1S/C20H21Cl2N3O2/c1-25(12-18(26)23-16-7-8-16)19(13-5-3-2-4-6-13)20(27)24-17-10-14(21)9-15(22)11-17/h2-6,9-11,16,19H,7-8,12H2,1H3,(H,23,26)(H,24,27)/t19-/m0/s1. The van der Waals surface area contributed by atoms with Crippen LogP contribution >= 0.6 is 23.2 Å². The van der Waals surface area contributed by atoms with Crippen LogP contribution in [0.5, 0.6) is 0 Å². The van der Waals surface area contributed by atoms with Crippen molar-refractivity contribution < 1.29 is 9.59 Å². The van der Waals surface area contributed by atoms with Gasteiger partial charge in [0.25, 0.3) is 0 Å². The van der Waals surface area contributed by atoms with E-state index in [2.05, 4.69) is 10.6 Å². The number of nitrogens with one attached hydrogen (secondary N) is 2. The minimum absolute atomic E-state index is 0.0838. The first-order valence-corrected chi connectivity index (χ1v) is 9.49. The lowest BCUT2D eigenvalue weighted by Crippen LogP contribution is -2.41. The summed E-state index contributed by atoms with van der Waals surface area (Å²) in [6, 6.07) is 13.9. The van der Waals surface area contributed by atoms with E-state index < -0.39 is 6.04 Å². The van der Waals surface area contributed by atoms with E-state index in [1.165, 1.54) is 0 Å². The van der Waals surface area contributed by atoms with Crippen LogP contribution in [0, 0.1) is 0 Å². The molecule has 0 heterocycles. The highest BCUT2D eigenvalue weighted by Gasteiger charge is 2.29.